The van der Waals surface area contributed by atoms with Crippen LogP contribution in [0, 0.1) is 24.7 Å². The van der Waals surface area contributed by atoms with Crippen LogP contribution in [0.3, 0.4) is 0 Å². The van der Waals surface area contributed by atoms with Crippen molar-refractivity contribution in [3.05, 3.63) is 137 Å². The molecule has 328 valence electrons. The minimum absolute atomic E-state index is 0.0324. The molecular weight excluding hydrogens is 809 g/mol. The maximum Gasteiger partial charge on any atom is 0.330 e. The van der Waals surface area contributed by atoms with E-state index in [0.29, 0.717) is 52.4 Å². The lowest BCUT2D eigenvalue weighted by molar-refractivity contribution is -0.158. The first kappa shape index (κ1) is 43.0. The molecule has 8 rings (SSSR count). The zero-order valence-corrected chi connectivity index (χ0v) is 36.5. The Bertz CT molecular complexity index is 2780. The highest BCUT2D eigenvalue weighted by Gasteiger charge is 2.50. The number of aliphatic imine (C=N–C) groups is 3. The van der Waals surface area contributed by atoms with Gasteiger partial charge in [0.05, 0.1) is 41.3 Å². The summed E-state index contributed by atoms with van der Waals surface area (Å²) >= 11 is 0. The van der Waals surface area contributed by atoms with Crippen molar-refractivity contribution in [2.75, 3.05) is 13.7 Å². The van der Waals surface area contributed by atoms with Gasteiger partial charge in [-0.15, -0.1) is 0 Å². The Morgan fingerprint density at radius 2 is 1.76 bits per heavy atom. The third-order valence-corrected chi connectivity index (χ3v) is 12.9. The summed E-state index contributed by atoms with van der Waals surface area (Å²) < 4.78 is 24.0. The zero-order chi connectivity index (χ0) is 45.2. The van der Waals surface area contributed by atoms with E-state index in [0.717, 1.165) is 45.1 Å². The summed E-state index contributed by atoms with van der Waals surface area (Å²) in [6, 6.07) is 0. The second-order valence-electron chi connectivity index (χ2n) is 16.6. The smallest absolute Gasteiger partial charge is 0.330 e. The summed E-state index contributed by atoms with van der Waals surface area (Å²) in [6.45, 7) is 16.4. The van der Waals surface area contributed by atoms with E-state index in [1.165, 1.54) is 24.8 Å². The normalized spacial score (nSPS) is 26.1. The predicted molar refractivity (Wildman–Crippen MR) is 233 cm³/mol. The van der Waals surface area contributed by atoms with Crippen LogP contribution in [0.25, 0.3) is 0 Å². The van der Waals surface area contributed by atoms with Gasteiger partial charge in [0.1, 0.15) is 36.7 Å². The topological polar surface area (TPSA) is 212 Å². The van der Waals surface area contributed by atoms with Crippen molar-refractivity contribution in [1.29, 1.82) is 0 Å². The molecule has 8 bridgehead atoms. The fourth-order valence-electron chi connectivity index (χ4n) is 9.44. The van der Waals surface area contributed by atoms with Gasteiger partial charge in [-0.25, -0.2) is 19.8 Å². The predicted octanol–water partition coefficient (Wildman–Crippen LogP) is 5.64. The maximum absolute atomic E-state index is 14.7. The number of aromatic amines is 1. The molecule has 16 heteroatoms. The molecule has 1 aliphatic carbocycles. The fraction of sp³-hybridized carbons (Fsp3) is 0.404. The Morgan fingerprint density at radius 3 is 2.46 bits per heavy atom. The minimum atomic E-state index is -1.36. The van der Waals surface area contributed by atoms with Crippen molar-refractivity contribution >= 4 is 35.0 Å². The van der Waals surface area contributed by atoms with Crippen molar-refractivity contribution < 1.29 is 38.4 Å². The maximum atomic E-state index is 14.7. The molecule has 0 amide bonds. The third kappa shape index (κ3) is 7.45. The number of hydrogen-bond acceptors (Lipinski definition) is 14. The van der Waals surface area contributed by atoms with Crippen LogP contribution in [-0.4, -0.2) is 75.6 Å². The van der Waals surface area contributed by atoms with E-state index in [1.54, 1.807) is 13.0 Å². The van der Waals surface area contributed by atoms with Gasteiger partial charge in [0.15, 0.2) is 0 Å². The number of carbonyl (C=O) groups is 3. The van der Waals surface area contributed by atoms with E-state index in [1.807, 2.05) is 45.9 Å². The Kier molecular flexibility index (Phi) is 11.3. The van der Waals surface area contributed by atoms with E-state index in [4.69, 9.17) is 33.9 Å². The second kappa shape index (κ2) is 16.5. The van der Waals surface area contributed by atoms with E-state index >= 15 is 0 Å². The number of ether oxygens (including phenoxy) is 4. The molecule has 0 spiro atoms. The molecule has 1 aromatic heterocycles. The summed E-state index contributed by atoms with van der Waals surface area (Å²) in [5.74, 6) is -4.06. The largest absolute Gasteiger partial charge is 0.510 e. The summed E-state index contributed by atoms with van der Waals surface area (Å²) in [5, 5.41) is 15.9. The molecule has 0 aromatic carbocycles. The van der Waals surface area contributed by atoms with E-state index in [-0.39, 0.29) is 36.0 Å². The first-order valence-electron chi connectivity index (χ1n) is 21.0. The van der Waals surface area contributed by atoms with Crippen molar-refractivity contribution in [3.63, 3.8) is 0 Å². The van der Waals surface area contributed by atoms with Crippen LogP contribution < -0.4 is 16.6 Å². The minimum Gasteiger partial charge on any atom is -0.510 e. The van der Waals surface area contributed by atoms with Crippen LogP contribution in [0.4, 0.5) is 0 Å². The number of carbonyl (C=O) groups excluding carboxylic acids is 3. The molecule has 2 fully saturated rings. The van der Waals surface area contributed by atoms with Gasteiger partial charge in [0.25, 0.3) is 5.56 Å². The molecule has 0 unspecified atom stereocenters. The molecule has 0 saturated carbocycles. The SMILES string of the molecule is C=CC1=C(C)C2=NC1=CC1=NC(=CC3=C(C)C4=C(O)[C@@H](C(=O)OC[C@H]5O[C@@H](n6cc(C)c(=O)[nH]c6=O)C[C@@H]5OC(C)=O)C(=C5NC(=C2)[C@@H](C)[C@@H]5CCC(=O)OC)C4=N3)C(CC)=C1C. The summed E-state index contributed by atoms with van der Waals surface area (Å²) in [6.07, 6.45) is 7.25. The number of aromatic nitrogens is 2. The van der Waals surface area contributed by atoms with Gasteiger partial charge in [-0.05, 0) is 81.1 Å². The highest BCUT2D eigenvalue weighted by molar-refractivity contribution is 6.24. The molecule has 16 nitrogen and oxygen atoms in total. The molecule has 7 aliphatic rings. The summed E-state index contributed by atoms with van der Waals surface area (Å²) in [5.41, 5.74) is 9.50. The lowest BCUT2D eigenvalue weighted by atomic mass is 9.84. The molecule has 3 N–H and O–H groups in total. The molecule has 63 heavy (non-hydrogen) atoms. The number of aliphatic hydroxyl groups excluding tert-OH is 1. The van der Waals surface area contributed by atoms with E-state index < -0.39 is 60.1 Å². The molecule has 0 radical (unpaired) electrons. The van der Waals surface area contributed by atoms with Gasteiger partial charge >= 0.3 is 23.6 Å². The van der Waals surface area contributed by atoms with Crippen molar-refractivity contribution in [2.24, 2.45) is 32.7 Å². The molecule has 6 aliphatic heterocycles. The Balaban J connectivity index is 1.24. The number of H-pyrrole nitrogens is 1. The number of rotatable bonds is 10. The van der Waals surface area contributed by atoms with E-state index in [2.05, 4.69) is 23.8 Å². The number of nitrogens with zero attached hydrogens (tertiary/aromatic N) is 4. The highest BCUT2D eigenvalue weighted by atomic mass is 16.6. The number of allylic oxidation sites excluding steroid dienone is 11. The van der Waals surface area contributed by atoms with Gasteiger partial charge in [-0.2, -0.15) is 0 Å². The van der Waals surface area contributed by atoms with Crippen LogP contribution in [-0.2, 0) is 33.3 Å². The second-order valence-corrected chi connectivity index (χ2v) is 16.6. The molecule has 6 atom stereocenters. The Morgan fingerprint density at radius 1 is 1.03 bits per heavy atom. The lowest BCUT2D eigenvalue weighted by Gasteiger charge is -2.22. The number of esters is 3. The van der Waals surface area contributed by atoms with Crippen LogP contribution >= 0.6 is 0 Å². The number of hydrogen-bond donors (Lipinski definition) is 3. The number of fused-ring (bicyclic) bond motifs is 5. The number of nitrogens with one attached hydrogen (secondary N) is 2. The quantitative estimate of drug-likeness (QED) is 0.193. The van der Waals surface area contributed by atoms with Gasteiger partial charge in [0.2, 0.25) is 0 Å². The summed E-state index contributed by atoms with van der Waals surface area (Å²) in [7, 11) is 1.33. The first-order valence-corrected chi connectivity index (χ1v) is 21.0. The lowest BCUT2D eigenvalue weighted by Crippen LogP contribution is -2.34. The highest BCUT2D eigenvalue weighted by Crippen LogP contribution is 2.49. The van der Waals surface area contributed by atoms with Crippen molar-refractivity contribution in [3.8, 4) is 0 Å². The van der Waals surface area contributed by atoms with Crippen molar-refractivity contribution in [2.45, 2.75) is 92.6 Å². The van der Waals surface area contributed by atoms with Gasteiger partial charge in [-0.3, -0.25) is 28.7 Å². The van der Waals surface area contributed by atoms with Crippen LogP contribution in [0.5, 0.6) is 0 Å². The van der Waals surface area contributed by atoms with Crippen LogP contribution in [0.1, 0.15) is 79.0 Å². The molecule has 1 aromatic rings. The van der Waals surface area contributed by atoms with Gasteiger partial charge < -0.3 is 29.4 Å². The average molecular weight is 859 g/mol. The van der Waals surface area contributed by atoms with Crippen molar-refractivity contribution in [1.82, 2.24) is 14.9 Å². The Hall–Kier alpha value is -6.68. The fourth-order valence-corrected chi connectivity index (χ4v) is 9.44. The van der Waals surface area contributed by atoms with Gasteiger partial charge in [-0.1, -0.05) is 26.5 Å². The van der Waals surface area contributed by atoms with Crippen LogP contribution in [0.2, 0.25) is 0 Å². The molecular formula is C47H50N6O10. The first-order chi connectivity index (χ1) is 30.0. The Labute approximate surface area is 363 Å². The number of methoxy groups -OCH3 is 1. The third-order valence-electron chi connectivity index (χ3n) is 12.9. The van der Waals surface area contributed by atoms with Crippen LogP contribution in [0.15, 0.2) is 135 Å². The molecule has 2 saturated heterocycles. The number of aliphatic hydroxyl groups is 1. The summed E-state index contributed by atoms with van der Waals surface area (Å²) in [4.78, 5) is 81.9. The monoisotopic (exact) mass is 858 g/mol. The van der Waals surface area contributed by atoms with Gasteiger partial charge in [0, 0.05) is 71.5 Å². The standard InChI is InChI=1S/C47H50N6O10/c1-10-26-21(4)29-14-31-23(6)28(12-13-38(55)60-9)42(50-31)40-41(46(58)61-19-36-35(62-25(8)54)17-37(63-36)53-18-20(3)45(57)52-47(53)59)44(56)39-24(7)32(51-43(39)40)16-34-27(11-2)22(5)30(49-34)15-33(26)48-29/h10,14-16,18,23,28,35-37,41,50,56H,1,11-13,17,19H2,2-9H3,(H,52,57,59)/t23-,28-,35-,36+,37+,41-/m0/s1. The number of aryl methyl sites for hydroxylation is 1. The average Bonchev–Trinajstić information content (AvgIpc) is 4.06. The molecule has 7 heterocycles. The van der Waals surface area contributed by atoms with E-state index in [9.17, 15) is 29.1 Å². The zero-order valence-electron chi connectivity index (χ0n) is 36.5.